The lowest BCUT2D eigenvalue weighted by atomic mass is 10.1. The van der Waals surface area contributed by atoms with Gasteiger partial charge in [0.1, 0.15) is 12.0 Å². The van der Waals surface area contributed by atoms with Gasteiger partial charge in [0.25, 0.3) is 0 Å². The van der Waals surface area contributed by atoms with Crippen LogP contribution >= 0.6 is 0 Å². The molecule has 42 heavy (non-hydrogen) atoms. The van der Waals surface area contributed by atoms with Crippen molar-refractivity contribution < 1.29 is 13.2 Å². The zero-order chi connectivity index (χ0) is 30.4. The average molecular weight is 588 g/mol. The van der Waals surface area contributed by atoms with Crippen LogP contribution < -0.4 is 24.3 Å². The van der Waals surface area contributed by atoms with Gasteiger partial charge in [0.05, 0.1) is 51.8 Å². The topological polar surface area (TPSA) is 124 Å². The zero-order valence-electron chi connectivity index (χ0n) is 24.5. The second-order valence-electron chi connectivity index (χ2n) is 10.1. The van der Waals surface area contributed by atoms with Gasteiger partial charge in [-0.2, -0.15) is 10.5 Å². The average Bonchev–Trinajstić information content (AvgIpc) is 3.44. The summed E-state index contributed by atoms with van der Waals surface area (Å²) in [5.41, 5.74) is 5.23. The van der Waals surface area contributed by atoms with Gasteiger partial charge < -0.3 is 19.6 Å². The molecule has 0 bridgehead atoms. The van der Waals surface area contributed by atoms with Crippen LogP contribution in [0.2, 0.25) is 0 Å². The fourth-order valence-electron chi connectivity index (χ4n) is 5.70. The molecule has 1 unspecified atom stereocenters. The Morgan fingerprint density at radius 2 is 1.50 bits per heavy atom. The molecule has 1 atom stereocenters. The number of hydrogen-bond donors (Lipinski definition) is 1. The molecule has 10 nitrogen and oxygen atoms in total. The van der Waals surface area contributed by atoms with Crippen molar-refractivity contribution >= 4 is 38.7 Å². The van der Waals surface area contributed by atoms with Crippen LogP contribution in [-0.4, -0.2) is 52.4 Å². The standard InChI is InChI=1S/C31H37N7O3S/c1-5-35-26-15-13-24(21-32)19-28(26)37(7-3)30(35)11-10-12-31-36(6-2)27-16-14-25(22-33)20-29(27)38(31)17-8-9-18-42(40,41)34-23(4)39/h10-16,19-20,31H,5-9,17-18H2,1-4H3,(H,34,39). The Kier molecular flexibility index (Phi) is 9.44. The Morgan fingerprint density at radius 3 is 2.10 bits per heavy atom. The monoisotopic (exact) mass is 587 g/mol. The first-order chi connectivity index (χ1) is 20.2. The predicted molar refractivity (Wildman–Crippen MR) is 167 cm³/mol. The fraction of sp³-hybridized carbons (Fsp3) is 0.387. The normalized spacial score (nSPS) is 17.0. The number of nitrogens with one attached hydrogen (secondary N) is 1. The summed E-state index contributed by atoms with van der Waals surface area (Å²) in [5, 5.41) is 19.0. The van der Waals surface area contributed by atoms with Crippen LogP contribution in [-0.2, 0) is 14.8 Å². The van der Waals surface area contributed by atoms with E-state index in [2.05, 4.69) is 70.7 Å². The summed E-state index contributed by atoms with van der Waals surface area (Å²) in [6, 6.07) is 15.9. The molecular weight excluding hydrogens is 550 g/mol. The summed E-state index contributed by atoms with van der Waals surface area (Å²) < 4.78 is 26.3. The molecule has 1 amide bonds. The highest BCUT2D eigenvalue weighted by atomic mass is 32.2. The molecule has 0 spiro atoms. The first-order valence-corrected chi connectivity index (χ1v) is 15.9. The molecule has 1 N–H and O–H groups in total. The van der Waals surface area contributed by atoms with Crippen LogP contribution in [0.5, 0.6) is 0 Å². The Labute approximate surface area is 248 Å². The third kappa shape index (κ3) is 6.22. The number of sulfonamides is 1. The second kappa shape index (κ2) is 13.0. The molecule has 0 saturated heterocycles. The highest BCUT2D eigenvalue weighted by Crippen LogP contribution is 2.43. The van der Waals surface area contributed by atoms with Gasteiger partial charge in [-0.1, -0.05) is 6.08 Å². The molecule has 2 aliphatic rings. The minimum atomic E-state index is -3.66. The summed E-state index contributed by atoms with van der Waals surface area (Å²) in [5.74, 6) is 0.301. The van der Waals surface area contributed by atoms with E-state index in [1.165, 1.54) is 6.92 Å². The molecule has 11 heteroatoms. The molecule has 0 fully saturated rings. The number of fused-ring (bicyclic) bond motifs is 2. The van der Waals surface area contributed by atoms with Gasteiger partial charge >= 0.3 is 0 Å². The van der Waals surface area contributed by atoms with E-state index >= 15 is 0 Å². The number of carbonyl (C=O) groups excluding carboxylic acids is 1. The maximum absolute atomic E-state index is 12.1. The van der Waals surface area contributed by atoms with E-state index in [9.17, 15) is 23.7 Å². The number of carbonyl (C=O) groups is 1. The highest BCUT2D eigenvalue weighted by molar-refractivity contribution is 7.90. The minimum absolute atomic E-state index is 0.136. The first kappa shape index (κ1) is 30.5. The molecule has 0 aromatic heterocycles. The largest absolute Gasteiger partial charge is 0.346 e. The van der Waals surface area contributed by atoms with Gasteiger partial charge in [0, 0.05) is 33.1 Å². The van der Waals surface area contributed by atoms with Crippen molar-refractivity contribution in [3.05, 3.63) is 71.6 Å². The van der Waals surface area contributed by atoms with Gasteiger partial charge in [-0.3, -0.25) is 9.52 Å². The van der Waals surface area contributed by atoms with Gasteiger partial charge in [-0.15, -0.1) is 0 Å². The Hall–Kier alpha value is -4.48. The minimum Gasteiger partial charge on any atom is -0.346 e. The van der Waals surface area contributed by atoms with Crippen LogP contribution in [0.3, 0.4) is 0 Å². The summed E-state index contributed by atoms with van der Waals surface area (Å²) in [7, 11) is -3.66. The van der Waals surface area contributed by atoms with E-state index in [0.29, 0.717) is 30.5 Å². The van der Waals surface area contributed by atoms with Gasteiger partial charge in [0.2, 0.25) is 15.9 Å². The number of amides is 1. The Balaban J connectivity index is 1.61. The molecule has 2 aliphatic heterocycles. The third-order valence-corrected chi connectivity index (χ3v) is 8.89. The Bertz CT molecular complexity index is 1590. The van der Waals surface area contributed by atoms with Crippen molar-refractivity contribution in [3.63, 3.8) is 0 Å². The van der Waals surface area contributed by atoms with Gasteiger partial charge in [-0.05, 0) is 82.2 Å². The van der Waals surface area contributed by atoms with E-state index in [0.717, 1.165) is 48.2 Å². The summed E-state index contributed by atoms with van der Waals surface area (Å²) >= 11 is 0. The summed E-state index contributed by atoms with van der Waals surface area (Å²) in [6.45, 7) is 10.3. The quantitative estimate of drug-likeness (QED) is 0.381. The number of benzene rings is 2. The molecule has 2 aromatic carbocycles. The maximum atomic E-state index is 12.1. The molecule has 0 saturated carbocycles. The van der Waals surface area contributed by atoms with E-state index in [-0.39, 0.29) is 11.9 Å². The first-order valence-electron chi connectivity index (χ1n) is 14.2. The predicted octanol–water partition coefficient (Wildman–Crippen LogP) is 4.41. The number of anilines is 4. The lowest BCUT2D eigenvalue weighted by molar-refractivity contribution is -0.117. The van der Waals surface area contributed by atoms with Crippen molar-refractivity contribution in [1.82, 2.24) is 4.72 Å². The third-order valence-electron chi connectivity index (χ3n) is 7.46. The molecular formula is C31H37N7O3S. The van der Waals surface area contributed by atoms with Gasteiger partial charge in [0.15, 0.2) is 0 Å². The fourth-order valence-corrected chi connectivity index (χ4v) is 6.82. The van der Waals surface area contributed by atoms with Crippen molar-refractivity contribution in [1.29, 1.82) is 10.5 Å². The van der Waals surface area contributed by atoms with Crippen molar-refractivity contribution in [3.8, 4) is 12.1 Å². The van der Waals surface area contributed by atoms with E-state index in [1.54, 1.807) is 0 Å². The summed E-state index contributed by atoms with van der Waals surface area (Å²) in [6.07, 6.45) is 7.11. The van der Waals surface area contributed by atoms with Gasteiger partial charge in [-0.25, -0.2) is 8.42 Å². The molecule has 220 valence electrons. The number of unbranched alkanes of at least 4 members (excludes halogenated alkanes) is 1. The highest BCUT2D eigenvalue weighted by Gasteiger charge is 2.34. The second-order valence-corrected chi connectivity index (χ2v) is 11.9. The van der Waals surface area contributed by atoms with Crippen LogP contribution in [0, 0.1) is 22.7 Å². The number of rotatable bonds is 11. The molecule has 4 rings (SSSR count). The van der Waals surface area contributed by atoms with E-state index < -0.39 is 15.9 Å². The van der Waals surface area contributed by atoms with Crippen LogP contribution in [0.25, 0.3) is 0 Å². The zero-order valence-corrected chi connectivity index (χ0v) is 25.4. The van der Waals surface area contributed by atoms with E-state index in [1.807, 2.05) is 41.1 Å². The van der Waals surface area contributed by atoms with Crippen molar-refractivity contribution in [2.24, 2.45) is 0 Å². The summed E-state index contributed by atoms with van der Waals surface area (Å²) in [4.78, 5) is 20.1. The van der Waals surface area contributed by atoms with Crippen molar-refractivity contribution in [2.75, 3.05) is 51.5 Å². The molecule has 2 aromatic rings. The lowest BCUT2D eigenvalue weighted by Crippen LogP contribution is -2.42. The number of nitriles is 2. The smallest absolute Gasteiger partial charge is 0.234 e. The maximum Gasteiger partial charge on any atom is 0.234 e. The Morgan fingerprint density at radius 1 is 0.881 bits per heavy atom. The molecule has 2 heterocycles. The SMILES string of the molecule is CCN1C(=CC=CC2N(CC)c3ccc(C#N)cc3N2CCCCS(=O)(=O)NC(C)=O)N(CC)c2cc(C#N)ccc21. The molecule has 0 radical (unpaired) electrons. The number of hydrogen-bond acceptors (Lipinski definition) is 9. The number of nitrogens with zero attached hydrogens (tertiary/aromatic N) is 6. The van der Waals surface area contributed by atoms with E-state index in [4.69, 9.17) is 0 Å². The number of allylic oxidation sites excluding steroid dienone is 2. The van der Waals surface area contributed by atoms with Crippen molar-refractivity contribution in [2.45, 2.75) is 46.7 Å². The number of likely N-dealkylation sites (N-methyl/N-ethyl adjacent to an activating group) is 1. The lowest BCUT2D eigenvalue weighted by Gasteiger charge is -2.30. The van der Waals surface area contributed by atoms with Crippen LogP contribution in [0.1, 0.15) is 51.7 Å². The van der Waals surface area contributed by atoms with Crippen LogP contribution in [0.4, 0.5) is 22.7 Å². The van der Waals surface area contributed by atoms with Crippen LogP contribution in [0.15, 0.2) is 60.4 Å². The molecule has 0 aliphatic carbocycles.